The van der Waals surface area contributed by atoms with E-state index in [4.69, 9.17) is 4.74 Å². The first-order chi connectivity index (χ1) is 12.1. The molecule has 25 heavy (non-hydrogen) atoms. The van der Waals surface area contributed by atoms with Gasteiger partial charge in [0.1, 0.15) is 11.6 Å². The summed E-state index contributed by atoms with van der Waals surface area (Å²) in [6.45, 7) is 4.11. The van der Waals surface area contributed by atoms with Crippen LogP contribution in [0, 0.1) is 0 Å². The number of hydrogen-bond acceptors (Lipinski definition) is 6. The van der Waals surface area contributed by atoms with Crippen LogP contribution in [-0.4, -0.2) is 28.1 Å². The second-order valence-corrected chi connectivity index (χ2v) is 5.85. The molecule has 0 aliphatic carbocycles. The molecule has 0 saturated carbocycles. The van der Waals surface area contributed by atoms with Crippen LogP contribution < -0.4 is 15.4 Å². The average Bonchev–Trinajstić information content (AvgIpc) is 2.62. The van der Waals surface area contributed by atoms with Gasteiger partial charge in [0.15, 0.2) is 0 Å². The molecule has 0 spiro atoms. The maximum Gasteiger partial charge on any atom is 0.225 e. The van der Waals surface area contributed by atoms with Gasteiger partial charge in [-0.1, -0.05) is 6.07 Å². The largest absolute Gasteiger partial charge is 0.497 e. The van der Waals surface area contributed by atoms with E-state index in [0.717, 1.165) is 22.7 Å². The smallest absolute Gasteiger partial charge is 0.225 e. The third kappa shape index (κ3) is 4.44. The van der Waals surface area contributed by atoms with E-state index in [1.807, 2.05) is 42.5 Å². The van der Waals surface area contributed by atoms with Gasteiger partial charge in [-0.25, -0.2) is 4.98 Å². The van der Waals surface area contributed by atoms with Gasteiger partial charge >= 0.3 is 0 Å². The van der Waals surface area contributed by atoms with E-state index in [2.05, 4.69) is 39.4 Å². The van der Waals surface area contributed by atoms with Crippen LogP contribution in [-0.2, 0) is 0 Å². The highest BCUT2D eigenvalue weighted by Gasteiger charge is 2.08. The van der Waals surface area contributed by atoms with Gasteiger partial charge in [-0.3, -0.25) is 4.98 Å². The highest BCUT2D eigenvalue weighted by atomic mass is 16.5. The lowest BCUT2D eigenvalue weighted by Crippen LogP contribution is -2.13. The molecule has 2 heterocycles. The molecule has 0 aliphatic heterocycles. The number of methoxy groups -OCH3 is 1. The highest BCUT2D eigenvalue weighted by Crippen LogP contribution is 2.25. The van der Waals surface area contributed by atoms with Crippen molar-refractivity contribution in [3.8, 4) is 17.0 Å². The fourth-order valence-electron chi connectivity index (χ4n) is 2.35. The molecule has 1 aromatic carbocycles. The van der Waals surface area contributed by atoms with E-state index in [0.29, 0.717) is 11.8 Å². The molecule has 0 fully saturated rings. The fourth-order valence-corrected chi connectivity index (χ4v) is 2.35. The molecule has 6 heteroatoms. The molecule has 2 aromatic heterocycles. The molecule has 0 amide bonds. The van der Waals surface area contributed by atoms with Crippen molar-refractivity contribution >= 4 is 17.5 Å². The molecular formula is C19H21N5O. The van der Waals surface area contributed by atoms with Crippen molar-refractivity contribution in [2.24, 2.45) is 0 Å². The summed E-state index contributed by atoms with van der Waals surface area (Å²) in [5, 5.41) is 6.58. The second-order valence-electron chi connectivity index (χ2n) is 5.85. The topological polar surface area (TPSA) is 72.0 Å². The van der Waals surface area contributed by atoms with Gasteiger partial charge in [0, 0.05) is 41.8 Å². The zero-order valence-corrected chi connectivity index (χ0v) is 14.5. The van der Waals surface area contributed by atoms with Gasteiger partial charge in [-0.2, -0.15) is 4.98 Å². The summed E-state index contributed by atoms with van der Waals surface area (Å²) in [6, 6.07) is 13.7. The summed E-state index contributed by atoms with van der Waals surface area (Å²) in [6.07, 6.45) is 3.50. The second kappa shape index (κ2) is 7.61. The van der Waals surface area contributed by atoms with E-state index in [1.54, 1.807) is 19.5 Å². The Hall–Kier alpha value is -3.15. The van der Waals surface area contributed by atoms with E-state index in [9.17, 15) is 0 Å². The van der Waals surface area contributed by atoms with Gasteiger partial charge in [0.05, 0.1) is 12.8 Å². The van der Waals surface area contributed by atoms with Crippen LogP contribution in [0.3, 0.4) is 0 Å². The number of rotatable bonds is 6. The Balaban J connectivity index is 1.96. The normalized spacial score (nSPS) is 10.6. The van der Waals surface area contributed by atoms with Crippen molar-refractivity contribution in [1.29, 1.82) is 0 Å². The summed E-state index contributed by atoms with van der Waals surface area (Å²) in [5.74, 6) is 2.07. The third-order valence-corrected chi connectivity index (χ3v) is 3.46. The third-order valence-electron chi connectivity index (χ3n) is 3.46. The van der Waals surface area contributed by atoms with Gasteiger partial charge in [-0.15, -0.1) is 0 Å². The minimum Gasteiger partial charge on any atom is -0.497 e. The number of ether oxygens (including phenoxy) is 1. The summed E-state index contributed by atoms with van der Waals surface area (Å²) >= 11 is 0. The van der Waals surface area contributed by atoms with Gasteiger partial charge in [0.25, 0.3) is 0 Å². The predicted octanol–water partition coefficient (Wildman–Crippen LogP) is 4.11. The molecule has 6 nitrogen and oxygen atoms in total. The molecule has 0 radical (unpaired) electrons. The molecule has 128 valence electrons. The summed E-state index contributed by atoms with van der Waals surface area (Å²) < 4.78 is 5.27. The quantitative estimate of drug-likeness (QED) is 0.706. The number of benzene rings is 1. The lowest BCUT2D eigenvalue weighted by Gasteiger charge is -2.13. The summed E-state index contributed by atoms with van der Waals surface area (Å²) in [7, 11) is 1.65. The summed E-state index contributed by atoms with van der Waals surface area (Å²) in [5.41, 5.74) is 2.71. The van der Waals surface area contributed by atoms with Crippen LogP contribution >= 0.6 is 0 Å². The first kappa shape index (κ1) is 16.7. The van der Waals surface area contributed by atoms with Crippen LogP contribution in [0.2, 0.25) is 0 Å². The molecule has 0 bridgehead atoms. The van der Waals surface area contributed by atoms with Crippen LogP contribution in [0.4, 0.5) is 17.5 Å². The summed E-state index contributed by atoms with van der Waals surface area (Å²) in [4.78, 5) is 13.2. The Morgan fingerprint density at radius 2 is 1.80 bits per heavy atom. The van der Waals surface area contributed by atoms with Gasteiger partial charge in [-0.05, 0) is 38.1 Å². The Morgan fingerprint density at radius 1 is 1.00 bits per heavy atom. The number of nitrogens with zero attached hydrogens (tertiary/aromatic N) is 3. The average molecular weight is 335 g/mol. The van der Waals surface area contributed by atoms with Crippen molar-refractivity contribution in [1.82, 2.24) is 15.0 Å². The standard InChI is InChI=1S/C19H21N5O/c1-13(2)21-19-23-17(14-7-9-20-10-8-14)12-18(24-19)22-15-5-4-6-16(11-15)25-3/h4-13H,1-3H3,(H2,21,22,23,24). The first-order valence-electron chi connectivity index (χ1n) is 8.11. The molecule has 2 N–H and O–H groups in total. The Kier molecular flexibility index (Phi) is 5.09. The van der Waals surface area contributed by atoms with Gasteiger partial charge < -0.3 is 15.4 Å². The lowest BCUT2D eigenvalue weighted by atomic mass is 10.2. The Labute approximate surface area is 147 Å². The zero-order valence-electron chi connectivity index (χ0n) is 14.5. The first-order valence-corrected chi connectivity index (χ1v) is 8.11. The molecule has 3 aromatic rings. The van der Waals surface area contributed by atoms with E-state index in [1.165, 1.54) is 0 Å². The number of aromatic nitrogens is 3. The maximum absolute atomic E-state index is 5.27. The monoisotopic (exact) mass is 335 g/mol. The number of hydrogen-bond donors (Lipinski definition) is 2. The van der Waals surface area contributed by atoms with Crippen molar-refractivity contribution in [3.05, 3.63) is 54.9 Å². The minimum atomic E-state index is 0.234. The van der Waals surface area contributed by atoms with Crippen LogP contribution in [0.25, 0.3) is 11.3 Å². The van der Waals surface area contributed by atoms with E-state index in [-0.39, 0.29) is 6.04 Å². The van der Waals surface area contributed by atoms with Crippen molar-refractivity contribution in [2.45, 2.75) is 19.9 Å². The van der Waals surface area contributed by atoms with E-state index < -0.39 is 0 Å². The molecule has 0 atom stereocenters. The number of nitrogens with one attached hydrogen (secondary N) is 2. The van der Waals surface area contributed by atoms with E-state index >= 15 is 0 Å². The van der Waals surface area contributed by atoms with Crippen LogP contribution in [0.15, 0.2) is 54.9 Å². The molecule has 0 unspecified atom stereocenters. The molecule has 0 aliphatic rings. The predicted molar refractivity (Wildman–Crippen MR) is 100 cm³/mol. The number of anilines is 3. The van der Waals surface area contributed by atoms with Crippen molar-refractivity contribution in [3.63, 3.8) is 0 Å². The lowest BCUT2D eigenvalue weighted by molar-refractivity contribution is 0.415. The van der Waals surface area contributed by atoms with Crippen LogP contribution in [0.5, 0.6) is 5.75 Å². The SMILES string of the molecule is COc1cccc(Nc2cc(-c3ccncc3)nc(NC(C)C)n2)c1. The maximum atomic E-state index is 5.27. The molecule has 0 saturated heterocycles. The van der Waals surface area contributed by atoms with Crippen molar-refractivity contribution in [2.75, 3.05) is 17.7 Å². The number of pyridine rings is 1. The van der Waals surface area contributed by atoms with Gasteiger partial charge in [0.2, 0.25) is 5.95 Å². The molecule has 3 rings (SSSR count). The van der Waals surface area contributed by atoms with Crippen LogP contribution in [0.1, 0.15) is 13.8 Å². The Bertz CT molecular complexity index is 836. The highest BCUT2D eigenvalue weighted by molar-refractivity contribution is 5.67. The minimum absolute atomic E-state index is 0.234. The molecular weight excluding hydrogens is 314 g/mol. The zero-order chi connectivity index (χ0) is 17.6. The van der Waals surface area contributed by atoms with Crippen molar-refractivity contribution < 1.29 is 4.74 Å². The Morgan fingerprint density at radius 3 is 2.52 bits per heavy atom. The fraction of sp³-hybridized carbons (Fsp3) is 0.211.